The SMILES string of the molecule is CCC1CN(CCCF)CCC1NC. The van der Waals surface area contributed by atoms with Crippen molar-refractivity contribution < 1.29 is 4.39 Å². The van der Waals surface area contributed by atoms with Crippen LogP contribution in [0.25, 0.3) is 0 Å². The molecule has 1 aliphatic rings. The molecule has 0 spiro atoms. The first-order valence-corrected chi connectivity index (χ1v) is 5.77. The highest BCUT2D eigenvalue weighted by atomic mass is 19.1. The van der Waals surface area contributed by atoms with E-state index >= 15 is 0 Å². The topological polar surface area (TPSA) is 15.3 Å². The van der Waals surface area contributed by atoms with Crippen LogP contribution in [0.5, 0.6) is 0 Å². The monoisotopic (exact) mass is 202 g/mol. The molecular weight excluding hydrogens is 179 g/mol. The molecule has 84 valence electrons. The van der Waals surface area contributed by atoms with Gasteiger partial charge in [-0.1, -0.05) is 13.3 Å². The van der Waals surface area contributed by atoms with Gasteiger partial charge in [0.15, 0.2) is 0 Å². The van der Waals surface area contributed by atoms with Crippen molar-refractivity contribution in [2.45, 2.75) is 32.2 Å². The Hall–Kier alpha value is -0.150. The molecule has 0 radical (unpaired) electrons. The van der Waals surface area contributed by atoms with Gasteiger partial charge in [0, 0.05) is 19.1 Å². The maximum Gasteiger partial charge on any atom is 0.0906 e. The Morgan fingerprint density at radius 2 is 2.29 bits per heavy atom. The zero-order valence-corrected chi connectivity index (χ0v) is 9.43. The molecule has 0 aliphatic carbocycles. The summed E-state index contributed by atoms with van der Waals surface area (Å²) in [5.74, 6) is 0.744. The first kappa shape index (κ1) is 11.9. The molecule has 14 heavy (non-hydrogen) atoms. The molecule has 0 amide bonds. The summed E-state index contributed by atoms with van der Waals surface area (Å²) in [6.45, 7) is 5.27. The lowest BCUT2D eigenvalue weighted by Gasteiger charge is -2.38. The van der Waals surface area contributed by atoms with Gasteiger partial charge in [-0.3, -0.25) is 4.39 Å². The first-order chi connectivity index (χ1) is 6.81. The zero-order valence-electron chi connectivity index (χ0n) is 9.43. The average Bonchev–Trinajstić information content (AvgIpc) is 2.25. The largest absolute Gasteiger partial charge is 0.317 e. The molecule has 1 heterocycles. The molecular formula is C11H23FN2. The number of nitrogens with one attached hydrogen (secondary N) is 1. The van der Waals surface area contributed by atoms with Gasteiger partial charge < -0.3 is 10.2 Å². The lowest BCUT2D eigenvalue weighted by molar-refractivity contribution is 0.135. The van der Waals surface area contributed by atoms with Gasteiger partial charge in [-0.05, 0) is 32.4 Å². The van der Waals surface area contributed by atoms with Gasteiger partial charge in [0.25, 0.3) is 0 Å². The molecule has 1 N–H and O–H groups in total. The van der Waals surface area contributed by atoms with E-state index in [4.69, 9.17) is 0 Å². The zero-order chi connectivity index (χ0) is 10.4. The van der Waals surface area contributed by atoms with Gasteiger partial charge in [0.1, 0.15) is 0 Å². The van der Waals surface area contributed by atoms with Crippen LogP contribution in [0.2, 0.25) is 0 Å². The molecule has 0 aromatic carbocycles. The third kappa shape index (κ3) is 3.21. The quantitative estimate of drug-likeness (QED) is 0.729. The second kappa shape index (κ2) is 6.36. The fraction of sp³-hybridized carbons (Fsp3) is 1.00. The highest BCUT2D eigenvalue weighted by molar-refractivity contribution is 4.83. The normalized spacial score (nSPS) is 29.4. The maximum atomic E-state index is 12.0. The summed E-state index contributed by atoms with van der Waals surface area (Å²) < 4.78 is 12.0. The Morgan fingerprint density at radius 1 is 1.50 bits per heavy atom. The minimum absolute atomic E-state index is 0.178. The van der Waals surface area contributed by atoms with Crippen LogP contribution in [0.1, 0.15) is 26.2 Å². The standard InChI is InChI=1S/C11H23FN2/c1-3-10-9-14(7-4-6-12)8-5-11(10)13-2/h10-11,13H,3-9H2,1-2H3. The van der Waals surface area contributed by atoms with E-state index in [0.717, 1.165) is 25.6 Å². The highest BCUT2D eigenvalue weighted by Crippen LogP contribution is 2.19. The Kier molecular flexibility index (Phi) is 5.41. The van der Waals surface area contributed by atoms with Gasteiger partial charge in [-0.2, -0.15) is 0 Å². The summed E-state index contributed by atoms with van der Waals surface area (Å²) in [5.41, 5.74) is 0. The van der Waals surface area contributed by atoms with E-state index in [1.54, 1.807) is 0 Å². The Morgan fingerprint density at radius 3 is 2.86 bits per heavy atom. The van der Waals surface area contributed by atoms with Crippen molar-refractivity contribution in [3.8, 4) is 0 Å². The van der Waals surface area contributed by atoms with Crippen LogP contribution in [-0.4, -0.2) is 44.3 Å². The number of piperidine rings is 1. The number of halogens is 1. The van der Waals surface area contributed by atoms with Crippen LogP contribution in [-0.2, 0) is 0 Å². The number of hydrogen-bond donors (Lipinski definition) is 1. The van der Waals surface area contributed by atoms with Crippen molar-refractivity contribution in [3.05, 3.63) is 0 Å². The van der Waals surface area contributed by atoms with Crippen LogP contribution >= 0.6 is 0 Å². The van der Waals surface area contributed by atoms with E-state index < -0.39 is 0 Å². The number of hydrogen-bond acceptors (Lipinski definition) is 2. The van der Waals surface area contributed by atoms with Crippen molar-refractivity contribution in [3.63, 3.8) is 0 Å². The Balaban J connectivity index is 2.32. The van der Waals surface area contributed by atoms with E-state index in [0.29, 0.717) is 12.5 Å². The molecule has 1 rings (SSSR count). The molecule has 2 nitrogen and oxygen atoms in total. The van der Waals surface area contributed by atoms with E-state index in [1.807, 2.05) is 7.05 Å². The highest BCUT2D eigenvalue weighted by Gasteiger charge is 2.26. The molecule has 0 bridgehead atoms. The lowest BCUT2D eigenvalue weighted by atomic mass is 9.90. The lowest BCUT2D eigenvalue weighted by Crippen LogP contribution is -2.48. The summed E-state index contributed by atoms with van der Waals surface area (Å²) in [6.07, 6.45) is 3.12. The van der Waals surface area contributed by atoms with Crippen LogP contribution in [0.4, 0.5) is 4.39 Å². The van der Waals surface area contributed by atoms with Crippen LogP contribution in [0.3, 0.4) is 0 Å². The van der Waals surface area contributed by atoms with E-state index in [-0.39, 0.29) is 6.67 Å². The summed E-state index contributed by atoms with van der Waals surface area (Å²) in [4.78, 5) is 2.40. The minimum atomic E-state index is -0.178. The van der Waals surface area contributed by atoms with Gasteiger partial charge in [-0.25, -0.2) is 0 Å². The summed E-state index contributed by atoms with van der Waals surface area (Å²) in [7, 11) is 2.05. The predicted octanol–water partition coefficient (Wildman–Crippen LogP) is 1.67. The van der Waals surface area contributed by atoms with Crippen molar-refractivity contribution in [2.24, 2.45) is 5.92 Å². The Labute approximate surface area is 86.9 Å². The van der Waals surface area contributed by atoms with Crippen molar-refractivity contribution in [1.29, 1.82) is 0 Å². The second-order valence-corrected chi connectivity index (χ2v) is 4.20. The van der Waals surface area contributed by atoms with E-state index in [2.05, 4.69) is 17.1 Å². The molecule has 1 fully saturated rings. The molecule has 2 unspecified atom stereocenters. The smallest absolute Gasteiger partial charge is 0.0906 e. The average molecular weight is 202 g/mol. The van der Waals surface area contributed by atoms with Crippen LogP contribution in [0.15, 0.2) is 0 Å². The number of alkyl halides is 1. The fourth-order valence-electron chi connectivity index (χ4n) is 2.39. The molecule has 0 aromatic rings. The first-order valence-electron chi connectivity index (χ1n) is 5.77. The van der Waals surface area contributed by atoms with Crippen molar-refractivity contribution >= 4 is 0 Å². The second-order valence-electron chi connectivity index (χ2n) is 4.20. The number of rotatable bonds is 5. The van der Waals surface area contributed by atoms with E-state index in [9.17, 15) is 4.39 Å². The summed E-state index contributed by atoms with van der Waals surface area (Å²) in [6, 6.07) is 0.668. The summed E-state index contributed by atoms with van der Waals surface area (Å²) >= 11 is 0. The molecule has 3 heteroatoms. The maximum absolute atomic E-state index is 12.0. The predicted molar refractivity (Wildman–Crippen MR) is 58.3 cm³/mol. The number of likely N-dealkylation sites (tertiary alicyclic amines) is 1. The van der Waals surface area contributed by atoms with Gasteiger partial charge in [0.05, 0.1) is 6.67 Å². The fourth-order valence-corrected chi connectivity index (χ4v) is 2.39. The van der Waals surface area contributed by atoms with Crippen LogP contribution < -0.4 is 5.32 Å². The Bertz CT molecular complexity index is 152. The number of nitrogens with zero attached hydrogens (tertiary/aromatic N) is 1. The van der Waals surface area contributed by atoms with Crippen molar-refractivity contribution in [2.75, 3.05) is 33.4 Å². The molecule has 1 saturated heterocycles. The third-order valence-corrected chi connectivity index (χ3v) is 3.32. The van der Waals surface area contributed by atoms with Crippen LogP contribution in [0, 0.1) is 5.92 Å². The third-order valence-electron chi connectivity index (χ3n) is 3.32. The minimum Gasteiger partial charge on any atom is -0.317 e. The van der Waals surface area contributed by atoms with E-state index in [1.165, 1.54) is 12.8 Å². The summed E-state index contributed by atoms with van der Waals surface area (Å²) in [5, 5.41) is 3.38. The molecule has 1 aliphatic heterocycles. The molecule has 0 aromatic heterocycles. The van der Waals surface area contributed by atoms with Gasteiger partial charge in [-0.15, -0.1) is 0 Å². The molecule has 0 saturated carbocycles. The van der Waals surface area contributed by atoms with Gasteiger partial charge >= 0.3 is 0 Å². The molecule has 2 atom stereocenters. The van der Waals surface area contributed by atoms with Crippen molar-refractivity contribution in [1.82, 2.24) is 10.2 Å². The van der Waals surface area contributed by atoms with Gasteiger partial charge in [0.2, 0.25) is 0 Å².